The second kappa shape index (κ2) is 14.7. The number of hydrogen-bond acceptors (Lipinski definition) is 5. The van der Waals surface area contributed by atoms with Crippen LogP contribution in [0, 0.1) is 0 Å². The molecule has 0 bridgehead atoms. The lowest BCUT2D eigenvalue weighted by atomic mass is 9.95. The molecule has 0 saturated heterocycles. The SMILES string of the molecule is c1ccc(-c2ccc(-c3nc(-c4ccccc4)nc(-c4cccc5oc6ccc(-c7cccc8oc9ccc(-c%10cccc(-c%11ccccc%11)c%10)cc9c78)cc6c45)n3)cc2)cc1. The second-order valence-corrected chi connectivity index (χ2v) is 15.5. The molecule has 0 aliphatic rings. The van der Waals surface area contributed by atoms with Crippen molar-refractivity contribution < 1.29 is 8.83 Å². The van der Waals surface area contributed by atoms with Crippen LogP contribution in [-0.2, 0) is 0 Å². The summed E-state index contributed by atoms with van der Waals surface area (Å²) in [7, 11) is 0. The zero-order valence-corrected chi connectivity index (χ0v) is 33.4. The molecule has 0 saturated carbocycles. The Labute approximate surface area is 357 Å². The average Bonchev–Trinajstić information content (AvgIpc) is 3.93. The topological polar surface area (TPSA) is 65.0 Å². The molecule has 0 aliphatic carbocycles. The zero-order chi connectivity index (χ0) is 41.0. The average molecular weight is 794 g/mol. The van der Waals surface area contributed by atoms with Gasteiger partial charge in [-0.3, -0.25) is 0 Å². The molecule has 0 aliphatic heterocycles. The Balaban J connectivity index is 0.996. The standard InChI is InChI=1S/C57H35N3O2/c1-4-13-36(14-5-1)38-25-27-40(28-26-38)56-58-55(39-17-8-3-9-18-39)59-57(60-56)46-22-12-24-52-54(46)48-35-44(30-32-50(48)62-52)45-21-11-23-51-53(45)47-34-43(29-31-49(47)61-51)42-20-10-19-41(33-42)37-15-6-2-7-16-37/h1-35H. The highest BCUT2D eigenvalue weighted by Crippen LogP contribution is 2.42. The summed E-state index contributed by atoms with van der Waals surface area (Å²) in [6.07, 6.45) is 0. The van der Waals surface area contributed by atoms with Gasteiger partial charge in [0.05, 0.1) is 0 Å². The van der Waals surface area contributed by atoms with Crippen LogP contribution in [0.15, 0.2) is 221 Å². The van der Waals surface area contributed by atoms with Gasteiger partial charge in [0.2, 0.25) is 0 Å². The number of aromatic nitrogens is 3. The van der Waals surface area contributed by atoms with Crippen LogP contribution in [0.5, 0.6) is 0 Å². The van der Waals surface area contributed by atoms with Crippen molar-refractivity contribution in [2.45, 2.75) is 0 Å². The summed E-state index contributed by atoms with van der Waals surface area (Å²) in [6, 6.07) is 73.4. The van der Waals surface area contributed by atoms with Gasteiger partial charge in [-0.05, 0) is 87.0 Å². The predicted octanol–water partition coefficient (Wildman–Crippen LogP) is 15.3. The highest BCUT2D eigenvalue weighted by atomic mass is 16.3. The molecular weight excluding hydrogens is 759 g/mol. The van der Waals surface area contributed by atoms with E-state index in [1.165, 1.54) is 11.1 Å². The molecule has 12 rings (SSSR count). The molecule has 0 atom stereocenters. The van der Waals surface area contributed by atoms with E-state index in [9.17, 15) is 0 Å². The Morgan fingerprint density at radius 1 is 0.242 bits per heavy atom. The molecule has 12 aromatic rings. The molecule has 5 nitrogen and oxygen atoms in total. The Morgan fingerprint density at radius 3 is 1.26 bits per heavy atom. The monoisotopic (exact) mass is 793 g/mol. The molecule has 5 heteroatoms. The van der Waals surface area contributed by atoms with Crippen molar-refractivity contribution in [1.29, 1.82) is 0 Å². The summed E-state index contributed by atoms with van der Waals surface area (Å²) >= 11 is 0. The van der Waals surface area contributed by atoms with Crippen LogP contribution >= 0.6 is 0 Å². The van der Waals surface area contributed by atoms with E-state index in [0.29, 0.717) is 17.5 Å². The van der Waals surface area contributed by atoms with E-state index in [0.717, 1.165) is 93.9 Å². The maximum atomic E-state index is 6.55. The van der Waals surface area contributed by atoms with Gasteiger partial charge in [0, 0.05) is 38.2 Å². The van der Waals surface area contributed by atoms with Crippen LogP contribution < -0.4 is 0 Å². The largest absolute Gasteiger partial charge is 0.456 e. The molecule has 0 radical (unpaired) electrons. The van der Waals surface area contributed by atoms with Crippen molar-refractivity contribution in [2.75, 3.05) is 0 Å². The number of nitrogens with zero attached hydrogens (tertiary/aromatic N) is 3. The van der Waals surface area contributed by atoms with Gasteiger partial charge in [-0.1, -0.05) is 170 Å². The van der Waals surface area contributed by atoms with Crippen molar-refractivity contribution in [3.63, 3.8) is 0 Å². The lowest BCUT2D eigenvalue weighted by Crippen LogP contribution is -2.00. The van der Waals surface area contributed by atoms with E-state index >= 15 is 0 Å². The van der Waals surface area contributed by atoms with Gasteiger partial charge in [0.1, 0.15) is 22.3 Å². The molecule has 9 aromatic carbocycles. The van der Waals surface area contributed by atoms with E-state index in [-0.39, 0.29) is 0 Å². The van der Waals surface area contributed by atoms with E-state index < -0.39 is 0 Å². The summed E-state index contributed by atoms with van der Waals surface area (Å²) in [4.78, 5) is 15.3. The molecule has 0 fully saturated rings. The van der Waals surface area contributed by atoms with E-state index in [1.54, 1.807) is 0 Å². The lowest BCUT2D eigenvalue weighted by Gasteiger charge is -2.10. The Bertz CT molecular complexity index is 3610. The minimum Gasteiger partial charge on any atom is -0.456 e. The van der Waals surface area contributed by atoms with Gasteiger partial charge in [0.25, 0.3) is 0 Å². The second-order valence-electron chi connectivity index (χ2n) is 15.5. The van der Waals surface area contributed by atoms with Crippen molar-refractivity contribution in [2.24, 2.45) is 0 Å². The zero-order valence-electron chi connectivity index (χ0n) is 33.4. The van der Waals surface area contributed by atoms with E-state index in [1.807, 2.05) is 54.6 Å². The number of furan rings is 2. The summed E-state index contributed by atoms with van der Waals surface area (Å²) in [5.41, 5.74) is 15.0. The fourth-order valence-corrected chi connectivity index (χ4v) is 8.72. The molecule has 0 N–H and O–H groups in total. The number of hydrogen-bond donors (Lipinski definition) is 0. The van der Waals surface area contributed by atoms with Crippen molar-refractivity contribution in [3.05, 3.63) is 212 Å². The minimum absolute atomic E-state index is 0.575. The first-order chi connectivity index (χ1) is 30.7. The molecular formula is C57H35N3O2. The Kier molecular flexibility index (Phi) is 8.42. The van der Waals surface area contributed by atoms with Gasteiger partial charge in [-0.2, -0.15) is 0 Å². The third kappa shape index (κ3) is 6.23. The number of rotatable bonds is 7. The van der Waals surface area contributed by atoms with Crippen LogP contribution in [0.4, 0.5) is 0 Å². The molecule has 0 spiro atoms. The first-order valence-corrected chi connectivity index (χ1v) is 20.7. The Hall–Kier alpha value is -8.41. The van der Waals surface area contributed by atoms with Crippen LogP contribution in [0.3, 0.4) is 0 Å². The van der Waals surface area contributed by atoms with E-state index in [2.05, 4.69) is 158 Å². The smallest absolute Gasteiger partial charge is 0.164 e. The fourth-order valence-electron chi connectivity index (χ4n) is 8.72. The third-order valence-corrected chi connectivity index (χ3v) is 11.8. The van der Waals surface area contributed by atoms with Gasteiger partial charge >= 0.3 is 0 Å². The van der Waals surface area contributed by atoms with Crippen LogP contribution in [0.1, 0.15) is 0 Å². The third-order valence-electron chi connectivity index (χ3n) is 11.8. The molecule has 0 amide bonds. The summed E-state index contributed by atoms with van der Waals surface area (Å²) in [6.45, 7) is 0. The molecule has 62 heavy (non-hydrogen) atoms. The molecule has 3 heterocycles. The minimum atomic E-state index is 0.575. The fraction of sp³-hybridized carbons (Fsp3) is 0. The number of benzene rings is 9. The normalized spacial score (nSPS) is 11.5. The van der Waals surface area contributed by atoms with Crippen LogP contribution in [0.25, 0.3) is 123 Å². The van der Waals surface area contributed by atoms with Gasteiger partial charge in [0.15, 0.2) is 17.5 Å². The van der Waals surface area contributed by atoms with E-state index in [4.69, 9.17) is 23.8 Å². The highest BCUT2D eigenvalue weighted by Gasteiger charge is 2.20. The maximum absolute atomic E-state index is 6.55. The maximum Gasteiger partial charge on any atom is 0.164 e. The summed E-state index contributed by atoms with van der Waals surface area (Å²) < 4.78 is 13.1. The van der Waals surface area contributed by atoms with Gasteiger partial charge < -0.3 is 8.83 Å². The van der Waals surface area contributed by atoms with Crippen molar-refractivity contribution >= 4 is 43.9 Å². The molecule has 3 aromatic heterocycles. The molecule has 0 unspecified atom stereocenters. The molecule has 290 valence electrons. The van der Waals surface area contributed by atoms with Gasteiger partial charge in [-0.15, -0.1) is 0 Å². The summed E-state index contributed by atoms with van der Waals surface area (Å²) in [5.74, 6) is 1.78. The summed E-state index contributed by atoms with van der Waals surface area (Å²) in [5, 5.41) is 4.07. The quantitative estimate of drug-likeness (QED) is 0.161. The van der Waals surface area contributed by atoms with Crippen LogP contribution in [0.2, 0.25) is 0 Å². The lowest BCUT2D eigenvalue weighted by molar-refractivity contribution is 0.669. The van der Waals surface area contributed by atoms with Crippen molar-refractivity contribution in [1.82, 2.24) is 15.0 Å². The predicted molar refractivity (Wildman–Crippen MR) is 252 cm³/mol. The highest BCUT2D eigenvalue weighted by molar-refractivity contribution is 6.16. The number of fused-ring (bicyclic) bond motifs is 6. The van der Waals surface area contributed by atoms with Gasteiger partial charge in [-0.25, -0.2) is 15.0 Å². The first kappa shape index (κ1) is 35.5. The first-order valence-electron chi connectivity index (χ1n) is 20.7. The Morgan fingerprint density at radius 2 is 0.629 bits per heavy atom. The van der Waals surface area contributed by atoms with Crippen molar-refractivity contribution in [3.8, 4) is 78.7 Å². The van der Waals surface area contributed by atoms with Crippen LogP contribution in [-0.4, -0.2) is 15.0 Å².